The summed E-state index contributed by atoms with van der Waals surface area (Å²) in [6.45, 7) is 52.9. The molecule has 486 valence electrons. The quantitative estimate of drug-likeness (QED) is 0.0639. The van der Waals surface area contributed by atoms with Crippen LogP contribution in [-0.4, -0.2) is 190 Å². The summed E-state index contributed by atoms with van der Waals surface area (Å²) in [7, 11) is 9.22. The molecule has 5 N–H and O–H groups in total. The van der Waals surface area contributed by atoms with Gasteiger partial charge in [0.15, 0.2) is 0 Å². The molecule has 2 aromatic rings. The lowest BCUT2D eigenvalue weighted by Crippen LogP contribution is -2.60. The molecule has 5 saturated heterocycles. The second kappa shape index (κ2) is 27.0. The van der Waals surface area contributed by atoms with Crippen LogP contribution in [-0.2, 0) is 0 Å². The summed E-state index contributed by atoms with van der Waals surface area (Å²) in [5.74, 6) is 6.07. The zero-order valence-corrected chi connectivity index (χ0v) is 59.0. The van der Waals surface area contributed by atoms with Crippen LogP contribution in [0.1, 0.15) is 241 Å². The van der Waals surface area contributed by atoms with Crippen LogP contribution < -0.4 is 31.5 Å². The molecule has 0 aliphatic carbocycles. The summed E-state index contributed by atoms with van der Waals surface area (Å²) >= 11 is 0. The first-order chi connectivity index (χ1) is 39.5. The average molecular weight is 1180 g/mol. The van der Waals surface area contributed by atoms with E-state index in [1.807, 2.05) is 0 Å². The molecule has 0 saturated carbocycles. The summed E-state index contributed by atoms with van der Waals surface area (Å²) in [5.41, 5.74) is 0.660. The van der Waals surface area contributed by atoms with E-state index in [1.165, 1.54) is 0 Å². The Morgan fingerprint density at radius 1 is 0.353 bits per heavy atom. The van der Waals surface area contributed by atoms with Gasteiger partial charge in [-0.15, -0.1) is 0 Å². The highest BCUT2D eigenvalue weighted by Crippen LogP contribution is 2.47. The van der Waals surface area contributed by atoms with Gasteiger partial charge in [0.1, 0.15) is 0 Å². The Balaban J connectivity index is 1.11. The maximum Gasteiger partial charge on any atom is 0.232 e. The molecule has 17 nitrogen and oxygen atoms in total. The van der Waals surface area contributed by atoms with Crippen molar-refractivity contribution < 1.29 is 0 Å². The van der Waals surface area contributed by atoms with Crippen LogP contribution in [0, 0.1) is 23.7 Å². The van der Waals surface area contributed by atoms with Crippen molar-refractivity contribution in [2.24, 2.45) is 23.7 Å². The Morgan fingerprint density at radius 2 is 0.588 bits per heavy atom. The number of aromatic nitrogens is 6. The van der Waals surface area contributed by atoms with E-state index in [1.54, 1.807) is 0 Å². The molecule has 2 aromatic heterocycles. The molecular formula is C68H129N17. The van der Waals surface area contributed by atoms with Gasteiger partial charge in [0.25, 0.3) is 0 Å². The van der Waals surface area contributed by atoms with Crippen LogP contribution in [0.5, 0.6) is 0 Å². The maximum atomic E-state index is 5.35. The molecule has 7 rings (SSSR count). The van der Waals surface area contributed by atoms with Crippen molar-refractivity contribution in [3.8, 4) is 0 Å². The van der Waals surface area contributed by atoms with Crippen LogP contribution in [0.2, 0.25) is 0 Å². The Morgan fingerprint density at radius 3 is 0.835 bits per heavy atom. The van der Waals surface area contributed by atoms with E-state index in [-0.39, 0.29) is 68.5 Å². The first-order valence-electron chi connectivity index (χ1n) is 34.2. The lowest BCUT2D eigenvalue weighted by atomic mass is 9.70. The number of piperidine rings is 4. The van der Waals surface area contributed by atoms with Crippen molar-refractivity contribution in [3.05, 3.63) is 0 Å². The summed E-state index contributed by atoms with van der Waals surface area (Å²) in [6, 6.07) is 0.997. The molecule has 0 amide bonds. The third-order valence-corrected chi connectivity index (χ3v) is 22.9. The molecule has 7 heterocycles. The fourth-order valence-corrected chi connectivity index (χ4v) is 17.3. The van der Waals surface area contributed by atoms with Crippen molar-refractivity contribution in [1.82, 2.24) is 54.4 Å². The first-order valence-corrected chi connectivity index (χ1v) is 34.2. The molecule has 0 radical (unpaired) electrons. The van der Waals surface area contributed by atoms with Crippen LogP contribution in [0.15, 0.2) is 0 Å². The highest BCUT2D eigenvalue weighted by molar-refractivity contribution is 5.46. The molecule has 4 unspecified atom stereocenters. The third-order valence-electron chi connectivity index (χ3n) is 22.9. The standard InChI is InChI=1S/C68H129N17/c1-25-29-51(47-39-61(5,6)80(21)62(7,8)40-47)70-56-74-55(75-57(76-56)71-52(30-26-2)48-41-63(9,10)81(22)64(11,12)42-48)69-33-34-84-35-37-85(38-36-84)60-78-58(72-53(31-27-3)49-43-65(13,14)82(23)66(15,16)44-49)77-59(79-60)73-54(32-28-4)50-45-67(17,18)83(24)68(19,20)46-50/h47-54H,25-46H2,1-24H3,(H2,72,73,77,78,79)(H3,69,70,71,74,75,76). The molecule has 5 fully saturated rings. The van der Waals surface area contributed by atoms with Crippen molar-refractivity contribution in [2.45, 2.75) is 310 Å². The zero-order valence-electron chi connectivity index (χ0n) is 59.0. The predicted molar refractivity (Wildman–Crippen MR) is 361 cm³/mol. The maximum absolute atomic E-state index is 5.35. The Bertz CT molecular complexity index is 2220. The summed E-state index contributed by atoms with van der Waals surface area (Å²) in [6.07, 6.45) is 17.6. The van der Waals surface area contributed by atoms with E-state index in [4.69, 9.17) is 29.9 Å². The Kier molecular flexibility index (Phi) is 21.9. The predicted octanol–water partition coefficient (Wildman–Crippen LogP) is 13.2. The van der Waals surface area contributed by atoms with Gasteiger partial charge >= 0.3 is 0 Å². The number of nitrogens with zero attached hydrogens (tertiary/aromatic N) is 12. The van der Waals surface area contributed by atoms with Gasteiger partial charge in [-0.25, -0.2) is 0 Å². The highest BCUT2D eigenvalue weighted by Gasteiger charge is 2.49. The van der Waals surface area contributed by atoms with E-state index in [0.29, 0.717) is 53.4 Å². The number of rotatable bonds is 25. The lowest BCUT2D eigenvalue weighted by Gasteiger charge is -2.55. The highest BCUT2D eigenvalue weighted by atomic mass is 15.4. The van der Waals surface area contributed by atoms with Crippen LogP contribution in [0.25, 0.3) is 0 Å². The van der Waals surface area contributed by atoms with Crippen LogP contribution >= 0.6 is 0 Å². The smallest absolute Gasteiger partial charge is 0.232 e. The number of likely N-dealkylation sites (tertiary alicyclic amines) is 4. The number of anilines is 6. The molecule has 0 spiro atoms. The van der Waals surface area contributed by atoms with E-state index in [0.717, 1.165) is 148 Å². The van der Waals surface area contributed by atoms with Gasteiger partial charge in [0.05, 0.1) is 0 Å². The van der Waals surface area contributed by atoms with E-state index < -0.39 is 0 Å². The number of piperazine rings is 1. The number of hydrogen-bond donors (Lipinski definition) is 5. The lowest BCUT2D eigenvalue weighted by molar-refractivity contribution is -0.0349. The second-order valence-corrected chi connectivity index (χ2v) is 32.9. The molecule has 4 atom stereocenters. The minimum Gasteiger partial charge on any atom is -0.353 e. The normalized spacial score (nSPS) is 25.7. The molecular weight excluding hydrogens is 1050 g/mol. The van der Waals surface area contributed by atoms with Gasteiger partial charge in [0.2, 0.25) is 35.7 Å². The van der Waals surface area contributed by atoms with Gasteiger partial charge in [-0.05, 0) is 240 Å². The molecule has 0 aromatic carbocycles. The van der Waals surface area contributed by atoms with E-state index >= 15 is 0 Å². The summed E-state index contributed by atoms with van der Waals surface area (Å²) in [5, 5.41) is 19.7. The third kappa shape index (κ3) is 16.7. The fraction of sp³-hybridized carbons (Fsp3) is 0.912. The minimum absolute atomic E-state index is 0.0814. The molecule has 0 bridgehead atoms. The zero-order chi connectivity index (χ0) is 62.9. The fourth-order valence-electron chi connectivity index (χ4n) is 17.3. The van der Waals surface area contributed by atoms with Crippen molar-refractivity contribution in [2.75, 3.05) is 98.9 Å². The first kappa shape index (κ1) is 69.1. The van der Waals surface area contributed by atoms with Gasteiger partial charge in [-0.2, -0.15) is 29.9 Å². The second-order valence-electron chi connectivity index (χ2n) is 32.9. The SMILES string of the molecule is CCCC(Nc1nc(NCCN2CCN(c3nc(NC(CCC)C4CC(C)(C)N(C)C(C)(C)C4)nc(NC(CCC)C4CC(C)(C)N(C)C(C)(C)C4)n3)CC2)nc(NC(CCC)C2CC(C)(C)N(C)C(C)(C)C2)n1)C1CC(C)(C)N(C)C(C)(C)C1. The number of hydrogen-bond acceptors (Lipinski definition) is 17. The van der Waals surface area contributed by atoms with Gasteiger partial charge in [-0.1, -0.05) is 53.4 Å². The molecule has 85 heavy (non-hydrogen) atoms. The summed E-state index contributed by atoms with van der Waals surface area (Å²) < 4.78 is 0. The van der Waals surface area contributed by atoms with Crippen LogP contribution in [0.4, 0.5) is 35.7 Å². The van der Waals surface area contributed by atoms with Gasteiger partial charge in [0, 0.05) is 108 Å². The minimum atomic E-state index is 0.0814. The van der Waals surface area contributed by atoms with Gasteiger partial charge < -0.3 is 31.5 Å². The van der Waals surface area contributed by atoms with E-state index in [9.17, 15) is 0 Å². The monoisotopic (exact) mass is 1180 g/mol. The Labute approximate surface area is 520 Å². The largest absolute Gasteiger partial charge is 0.353 e. The van der Waals surface area contributed by atoms with Crippen molar-refractivity contribution in [1.29, 1.82) is 0 Å². The Hall–Kier alpha value is -3.38. The number of nitrogens with one attached hydrogen (secondary N) is 5. The topological polar surface area (TPSA) is 157 Å². The van der Waals surface area contributed by atoms with Crippen LogP contribution in [0.3, 0.4) is 0 Å². The van der Waals surface area contributed by atoms with Gasteiger partial charge in [-0.3, -0.25) is 24.5 Å². The average Bonchev–Trinajstić information content (AvgIpc) is 2.25. The van der Waals surface area contributed by atoms with Crippen molar-refractivity contribution >= 4 is 35.7 Å². The molecule has 5 aliphatic heterocycles. The molecule has 5 aliphatic rings. The van der Waals surface area contributed by atoms with Crippen molar-refractivity contribution in [3.63, 3.8) is 0 Å². The summed E-state index contributed by atoms with van der Waals surface area (Å²) in [4.78, 5) is 47.0. The van der Waals surface area contributed by atoms with E-state index in [2.05, 4.69) is 223 Å². The molecule has 17 heteroatoms.